The first kappa shape index (κ1) is 22.4. The van der Waals surface area contributed by atoms with Crippen molar-refractivity contribution >= 4 is 34.9 Å². The molecule has 0 radical (unpaired) electrons. The van der Waals surface area contributed by atoms with Crippen molar-refractivity contribution in [3.63, 3.8) is 0 Å². The zero-order valence-corrected chi connectivity index (χ0v) is 19.2. The van der Waals surface area contributed by atoms with Crippen LogP contribution in [0.3, 0.4) is 0 Å². The first-order valence-corrected chi connectivity index (χ1v) is 11.3. The Hall–Kier alpha value is -3.78. The molecule has 0 fully saturated rings. The quantitative estimate of drug-likeness (QED) is 0.228. The normalized spacial score (nSPS) is 11.1. The van der Waals surface area contributed by atoms with Crippen LogP contribution in [-0.2, 0) is 11.3 Å². The van der Waals surface area contributed by atoms with Crippen LogP contribution in [-0.4, -0.2) is 41.6 Å². The van der Waals surface area contributed by atoms with E-state index in [9.17, 15) is 4.79 Å². The number of aromatic nitrogens is 2. The highest BCUT2D eigenvalue weighted by Crippen LogP contribution is 2.25. The summed E-state index contributed by atoms with van der Waals surface area (Å²) in [5, 5.41) is 4.85. The van der Waals surface area contributed by atoms with Gasteiger partial charge in [-0.2, -0.15) is 5.10 Å². The van der Waals surface area contributed by atoms with E-state index in [0.29, 0.717) is 18.0 Å². The molecule has 0 saturated carbocycles. The number of fused-ring (bicyclic) bond motifs is 1. The molecular formula is C25H24N4O3S. The van der Waals surface area contributed by atoms with Crippen LogP contribution >= 0.6 is 11.8 Å². The molecule has 8 heteroatoms. The van der Waals surface area contributed by atoms with Gasteiger partial charge in [0.15, 0.2) is 5.16 Å². The van der Waals surface area contributed by atoms with Gasteiger partial charge in [0.25, 0.3) is 5.91 Å². The average Bonchev–Trinajstić information content (AvgIpc) is 3.20. The number of nitrogens with zero attached hydrogens (tertiary/aromatic N) is 3. The van der Waals surface area contributed by atoms with E-state index in [1.165, 1.54) is 17.3 Å². The molecule has 4 rings (SSSR count). The van der Waals surface area contributed by atoms with Crippen molar-refractivity contribution in [2.24, 2.45) is 5.10 Å². The molecule has 1 aromatic heterocycles. The van der Waals surface area contributed by atoms with Crippen molar-refractivity contribution in [3.8, 4) is 11.5 Å². The Bertz CT molecular complexity index is 1270. The van der Waals surface area contributed by atoms with E-state index in [1.807, 2.05) is 48.5 Å². The number of nitrogens with one attached hydrogen (secondary N) is 1. The number of methoxy groups -OCH3 is 2. The standard InChI is InChI=1S/C25H24N4O3S/c1-31-20-13-12-19(23(14-20)32-2)15-26-28-24(30)17-33-25-27-21-10-6-7-11-22(21)29(25)16-18-8-4-3-5-9-18/h3-15H,16-17H2,1-2H3,(H,28,30). The fraction of sp³-hybridized carbons (Fsp3) is 0.160. The molecule has 4 aromatic rings. The second-order valence-corrected chi connectivity index (χ2v) is 8.09. The van der Waals surface area contributed by atoms with Crippen molar-refractivity contribution < 1.29 is 14.3 Å². The molecule has 0 spiro atoms. The summed E-state index contributed by atoms with van der Waals surface area (Å²) < 4.78 is 12.7. The average molecular weight is 461 g/mol. The molecule has 7 nitrogen and oxygen atoms in total. The van der Waals surface area contributed by atoms with Gasteiger partial charge in [-0.15, -0.1) is 0 Å². The van der Waals surface area contributed by atoms with Crippen LogP contribution in [0.2, 0.25) is 0 Å². The third-order valence-corrected chi connectivity index (χ3v) is 5.95. The van der Waals surface area contributed by atoms with Crippen LogP contribution in [0, 0.1) is 0 Å². The van der Waals surface area contributed by atoms with E-state index in [1.54, 1.807) is 32.6 Å². The summed E-state index contributed by atoms with van der Waals surface area (Å²) in [4.78, 5) is 17.1. The molecule has 1 N–H and O–H groups in total. The van der Waals surface area contributed by atoms with Gasteiger partial charge in [0.2, 0.25) is 0 Å². The molecule has 0 aliphatic heterocycles. The number of thioether (sulfide) groups is 1. The highest BCUT2D eigenvalue weighted by atomic mass is 32.2. The largest absolute Gasteiger partial charge is 0.497 e. The van der Waals surface area contributed by atoms with Crippen molar-refractivity contribution in [1.29, 1.82) is 0 Å². The summed E-state index contributed by atoms with van der Waals surface area (Å²) in [7, 11) is 3.16. The van der Waals surface area contributed by atoms with E-state index in [-0.39, 0.29) is 11.7 Å². The number of hydrazone groups is 1. The van der Waals surface area contributed by atoms with Crippen molar-refractivity contribution in [3.05, 3.63) is 83.9 Å². The number of amides is 1. The van der Waals surface area contributed by atoms with Gasteiger partial charge in [-0.1, -0.05) is 54.2 Å². The highest BCUT2D eigenvalue weighted by Gasteiger charge is 2.13. The van der Waals surface area contributed by atoms with Gasteiger partial charge in [-0.05, 0) is 29.8 Å². The smallest absolute Gasteiger partial charge is 0.250 e. The zero-order valence-electron chi connectivity index (χ0n) is 18.4. The molecule has 0 unspecified atom stereocenters. The maximum absolute atomic E-state index is 12.4. The highest BCUT2D eigenvalue weighted by molar-refractivity contribution is 7.99. The third-order valence-electron chi connectivity index (χ3n) is 4.97. The van der Waals surface area contributed by atoms with Gasteiger partial charge in [-0.3, -0.25) is 4.79 Å². The van der Waals surface area contributed by atoms with E-state index < -0.39 is 0 Å². The van der Waals surface area contributed by atoms with Crippen molar-refractivity contribution in [2.75, 3.05) is 20.0 Å². The Kier molecular flexibility index (Phi) is 7.26. The van der Waals surface area contributed by atoms with E-state index in [0.717, 1.165) is 21.8 Å². The zero-order chi connectivity index (χ0) is 23.0. The number of benzene rings is 3. The Morgan fingerprint density at radius 2 is 1.85 bits per heavy atom. The number of ether oxygens (including phenoxy) is 2. The first-order chi connectivity index (χ1) is 16.2. The molecule has 3 aromatic carbocycles. The topological polar surface area (TPSA) is 77.7 Å². The van der Waals surface area contributed by atoms with Crippen molar-refractivity contribution in [1.82, 2.24) is 15.0 Å². The number of rotatable bonds is 9. The lowest BCUT2D eigenvalue weighted by Crippen LogP contribution is -2.20. The first-order valence-electron chi connectivity index (χ1n) is 10.3. The molecular weight excluding hydrogens is 436 g/mol. The number of carbonyl (C=O) groups excluding carboxylic acids is 1. The molecule has 168 valence electrons. The molecule has 1 amide bonds. The molecule has 0 saturated heterocycles. The number of para-hydroxylation sites is 2. The van der Waals surface area contributed by atoms with Crippen molar-refractivity contribution in [2.45, 2.75) is 11.7 Å². The minimum Gasteiger partial charge on any atom is -0.497 e. The Balaban J connectivity index is 1.43. The lowest BCUT2D eigenvalue weighted by Gasteiger charge is -2.09. The molecule has 33 heavy (non-hydrogen) atoms. The molecule has 1 heterocycles. The second-order valence-electron chi connectivity index (χ2n) is 7.14. The molecule has 0 bridgehead atoms. The van der Waals surface area contributed by atoms with Gasteiger partial charge < -0.3 is 14.0 Å². The van der Waals surface area contributed by atoms with Crippen LogP contribution in [0.15, 0.2) is 83.1 Å². The summed E-state index contributed by atoms with van der Waals surface area (Å²) in [6, 6.07) is 23.6. The van der Waals surface area contributed by atoms with E-state index in [2.05, 4.69) is 27.2 Å². The Labute approximate surface area is 196 Å². The maximum Gasteiger partial charge on any atom is 0.250 e. The third kappa shape index (κ3) is 5.53. The second kappa shape index (κ2) is 10.7. The van der Waals surface area contributed by atoms with Gasteiger partial charge in [0.1, 0.15) is 11.5 Å². The van der Waals surface area contributed by atoms with Crippen LogP contribution in [0.4, 0.5) is 0 Å². The summed E-state index contributed by atoms with van der Waals surface area (Å²) in [5.74, 6) is 1.26. The fourth-order valence-corrected chi connectivity index (χ4v) is 4.15. The number of hydrogen-bond acceptors (Lipinski definition) is 6. The van der Waals surface area contributed by atoms with E-state index >= 15 is 0 Å². The minimum absolute atomic E-state index is 0.190. The Morgan fingerprint density at radius 3 is 2.64 bits per heavy atom. The molecule has 0 aliphatic carbocycles. The number of hydrogen-bond donors (Lipinski definition) is 1. The number of carbonyl (C=O) groups is 1. The van der Waals surface area contributed by atoms with Gasteiger partial charge in [0.05, 0.1) is 43.8 Å². The summed E-state index contributed by atoms with van der Waals surface area (Å²) in [6.45, 7) is 0.681. The van der Waals surface area contributed by atoms with Gasteiger partial charge in [0, 0.05) is 11.6 Å². The SMILES string of the molecule is COc1ccc(C=NNC(=O)CSc2nc3ccccc3n2Cc2ccccc2)c(OC)c1. The monoisotopic (exact) mass is 460 g/mol. The maximum atomic E-state index is 12.4. The van der Waals surface area contributed by atoms with Crippen LogP contribution < -0.4 is 14.9 Å². The predicted octanol–water partition coefficient (Wildman–Crippen LogP) is 4.34. The molecule has 0 atom stereocenters. The van der Waals surface area contributed by atoms with Crippen LogP contribution in [0.25, 0.3) is 11.0 Å². The van der Waals surface area contributed by atoms with Crippen LogP contribution in [0.5, 0.6) is 11.5 Å². The molecule has 0 aliphatic rings. The number of imidazole rings is 1. The minimum atomic E-state index is -0.220. The van der Waals surface area contributed by atoms with Gasteiger partial charge >= 0.3 is 0 Å². The summed E-state index contributed by atoms with van der Waals surface area (Å²) >= 11 is 1.38. The Morgan fingerprint density at radius 1 is 1.06 bits per heavy atom. The van der Waals surface area contributed by atoms with Gasteiger partial charge in [-0.25, -0.2) is 10.4 Å². The lowest BCUT2D eigenvalue weighted by molar-refractivity contribution is -0.118. The fourth-order valence-electron chi connectivity index (χ4n) is 3.34. The summed E-state index contributed by atoms with van der Waals surface area (Å²) in [6.07, 6.45) is 1.55. The van der Waals surface area contributed by atoms with Crippen LogP contribution in [0.1, 0.15) is 11.1 Å². The predicted molar refractivity (Wildman–Crippen MR) is 131 cm³/mol. The summed E-state index contributed by atoms with van der Waals surface area (Å²) in [5.41, 5.74) is 6.41. The lowest BCUT2D eigenvalue weighted by atomic mass is 10.2. The van der Waals surface area contributed by atoms with E-state index in [4.69, 9.17) is 14.5 Å².